The zero-order valence-corrected chi connectivity index (χ0v) is 26.8. The number of hydrogen-bond donors (Lipinski definition) is 1. The Bertz CT molecular complexity index is 1670. The Morgan fingerprint density at radius 2 is 1.83 bits per heavy atom. The number of anilines is 2. The Hall–Kier alpha value is -4.06. The van der Waals surface area contributed by atoms with E-state index in [-0.39, 0.29) is 41.1 Å². The van der Waals surface area contributed by atoms with Gasteiger partial charge in [-0.05, 0) is 53.3 Å². The largest absolute Gasteiger partial charge is 0.487 e. The fourth-order valence-electron chi connectivity index (χ4n) is 6.40. The lowest BCUT2D eigenvalue weighted by Crippen LogP contribution is -2.66. The van der Waals surface area contributed by atoms with Crippen LogP contribution in [0.25, 0.3) is 11.1 Å². The van der Waals surface area contributed by atoms with Gasteiger partial charge in [0, 0.05) is 31.0 Å². The molecule has 1 atom stereocenters. The number of benzene rings is 1. The summed E-state index contributed by atoms with van der Waals surface area (Å²) in [5.41, 5.74) is 1.84. The van der Waals surface area contributed by atoms with E-state index in [1.165, 1.54) is 6.33 Å². The number of nitrogens with zero attached hydrogens (tertiary/aromatic N) is 9. The molecule has 4 aromatic rings. The first-order chi connectivity index (χ1) is 23.1. The average molecular weight is 691 g/mol. The fourth-order valence-corrected chi connectivity index (χ4v) is 6.56. The second-order valence-electron chi connectivity index (χ2n) is 12.5. The lowest BCUT2D eigenvalue weighted by Gasteiger charge is -2.60. The summed E-state index contributed by atoms with van der Waals surface area (Å²) in [6.07, 6.45) is 3.28. The SMILES string of the molecule is CC(Cn1cnnn1)Oc1cc(-c2cnc(Nc3cn(C4CC5(C4)CN(C4COCCOC4)C5)nc3OCC(F)(F)F)nc2)ccc1Cl. The van der Waals surface area contributed by atoms with Crippen LogP contribution in [0.5, 0.6) is 11.6 Å². The Labute approximate surface area is 278 Å². The highest BCUT2D eigenvalue weighted by atomic mass is 35.5. The lowest BCUT2D eigenvalue weighted by molar-refractivity contribution is -0.154. The van der Waals surface area contributed by atoms with Crippen molar-refractivity contribution in [3.05, 3.63) is 48.1 Å². The predicted octanol–water partition coefficient (Wildman–Crippen LogP) is 4.18. The third-order valence-corrected chi connectivity index (χ3v) is 9.01. The van der Waals surface area contributed by atoms with Gasteiger partial charge >= 0.3 is 6.18 Å². The molecule has 48 heavy (non-hydrogen) atoms. The van der Waals surface area contributed by atoms with Crippen molar-refractivity contribution in [1.82, 2.24) is 44.9 Å². The van der Waals surface area contributed by atoms with E-state index in [1.54, 1.807) is 40.1 Å². The molecule has 1 N–H and O–H groups in total. The van der Waals surface area contributed by atoms with Crippen molar-refractivity contribution >= 4 is 23.2 Å². The van der Waals surface area contributed by atoms with E-state index in [2.05, 4.69) is 40.8 Å². The van der Waals surface area contributed by atoms with Crippen LogP contribution in [0.3, 0.4) is 0 Å². The minimum atomic E-state index is -4.52. The van der Waals surface area contributed by atoms with Gasteiger partial charge in [0.1, 0.15) is 23.9 Å². The van der Waals surface area contributed by atoms with E-state index >= 15 is 0 Å². The van der Waals surface area contributed by atoms with Gasteiger partial charge in [0.25, 0.3) is 5.88 Å². The second-order valence-corrected chi connectivity index (χ2v) is 12.9. The summed E-state index contributed by atoms with van der Waals surface area (Å²) in [4.78, 5) is 11.2. The molecule has 256 valence electrons. The van der Waals surface area contributed by atoms with E-state index < -0.39 is 12.8 Å². The van der Waals surface area contributed by atoms with E-state index in [1.807, 2.05) is 13.0 Å². The summed E-state index contributed by atoms with van der Waals surface area (Å²) in [5.74, 6) is 0.470. The summed E-state index contributed by atoms with van der Waals surface area (Å²) in [6.45, 7) is 5.26. The second kappa shape index (κ2) is 13.4. The quantitative estimate of drug-likeness (QED) is 0.242. The van der Waals surface area contributed by atoms with Crippen LogP contribution in [0.2, 0.25) is 5.02 Å². The van der Waals surface area contributed by atoms with Crippen LogP contribution in [0, 0.1) is 5.41 Å². The molecular formula is C30H34ClF3N10O4. The molecule has 0 amide bonds. The number of halogens is 4. The third-order valence-electron chi connectivity index (χ3n) is 8.69. The first kappa shape index (κ1) is 32.5. The van der Waals surface area contributed by atoms with Crippen LogP contribution >= 0.6 is 11.6 Å². The maximum atomic E-state index is 13.1. The maximum absolute atomic E-state index is 13.1. The van der Waals surface area contributed by atoms with Gasteiger partial charge in [-0.3, -0.25) is 9.58 Å². The van der Waals surface area contributed by atoms with Gasteiger partial charge < -0.3 is 24.3 Å². The van der Waals surface area contributed by atoms with E-state index in [0.717, 1.165) is 31.5 Å². The smallest absolute Gasteiger partial charge is 0.422 e. The summed E-state index contributed by atoms with van der Waals surface area (Å²) in [7, 11) is 0. The molecule has 1 spiro atoms. The highest BCUT2D eigenvalue weighted by Gasteiger charge is 2.54. The number of hydrogen-bond acceptors (Lipinski definition) is 12. The number of likely N-dealkylation sites (tertiary alicyclic amines) is 1. The van der Waals surface area contributed by atoms with Crippen LogP contribution in [0.1, 0.15) is 25.8 Å². The van der Waals surface area contributed by atoms with Crippen LogP contribution < -0.4 is 14.8 Å². The Balaban J connectivity index is 1.00. The molecule has 3 aromatic heterocycles. The molecule has 2 saturated heterocycles. The van der Waals surface area contributed by atoms with Crippen LogP contribution in [0.15, 0.2) is 43.1 Å². The van der Waals surface area contributed by atoms with E-state index in [4.69, 9.17) is 30.5 Å². The average Bonchev–Trinajstić information content (AvgIpc) is 3.58. The Morgan fingerprint density at radius 1 is 1.08 bits per heavy atom. The van der Waals surface area contributed by atoms with Crippen LogP contribution in [-0.4, -0.2) is 109 Å². The third kappa shape index (κ3) is 7.48. The highest BCUT2D eigenvalue weighted by Crippen LogP contribution is 2.55. The standard InChI is InChI=1S/C30H34ClF3N10O4/c1-19(11-43-18-37-40-41-43)48-26-6-20(2-3-24(26)31)21-9-35-28(36-10-21)38-25-12-44(39-27(25)47-17-30(32,33)34)22-7-29(8-22)15-42(16-29)23-13-45-4-5-46-14-23/h2-3,6,9-10,12,18-19,22-23H,4-5,7-8,11,13-17H2,1H3,(H,35,36,38). The minimum absolute atomic E-state index is 0.0396. The van der Waals surface area contributed by atoms with Crippen molar-refractivity contribution in [3.63, 3.8) is 0 Å². The molecule has 3 fully saturated rings. The normalized spacial score (nSPS) is 19.4. The lowest BCUT2D eigenvalue weighted by atomic mass is 9.60. The summed E-state index contributed by atoms with van der Waals surface area (Å²) < 4.78 is 64.9. The van der Waals surface area contributed by atoms with E-state index in [0.29, 0.717) is 49.3 Å². The van der Waals surface area contributed by atoms with E-state index in [9.17, 15) is 13.2 Å². The molecular weight excluding hydrogens is 657 g/mol. The van der Waals surface area contributed by atoms with Gasteiger partial charge in [0.05, 0.1) is 56.3 Å². The van der Waals surface area contributed by atoms with Gasteiger partial charge in [-0.1, -0.05) is 17.7 Å². The first-order valence-corrected chi connectivity index (χ1v) is 15.9. The molecule has 0 radical (unpaired) electrons. The monoisotopic (exact) mass is 690 g/mol. The number of aromatic nitrogens is 8. The van der Waals surface area contributed by atoms with Crippen molar-refractivity contribution in [2.75, 3.05) is 51.4 Å². The van der Waals surface area contributed by atoms with Crippen molar-refractivity contribution < 1.29 is 32.1 Å². The molecule has 1 aliphatic carbocycles. The van der Waals surface area contributed by atoms with Gasteiger partial charge in [-0.2, -0.15) is 13.2 Å². The van der Waals surface area contributed by atoms with Gasteiger partial charge in [0.15, 0.2) is 6.61 Å². The summed E-state index contributed by atoms with van der Waals surface area (Å²) in [6, 6.07) is 5.59. The summed E-state index contributed by atoms with van der Waals surface area (Å²) >= 11 is 6.39. The van der Waals surface area contributed by atoms with Crippen molar-refractivity contribution in [2.24, 2.45) is 5.41 Å². The first-order valence-electron chi connectivity index (χ1n) is 15.6. The summed E-state index contributed by atoms with van der Waals surface area (Å²) in [5, 5.41) is 18.9. The topological polar surface area (TPSA) is 139 Å². The number of ether oxygens (including phenoxy) is 4. The van der Waals surface area contributed by atoms with Gasteiger partial charge in [0.2, 0.25) is 5.95 Å². The number of rotatable bonds is 11. The molecule has 5 heterocycles. The molecule has 18 heteroatoms. The number of tetrazole rings is 1. The molecule has 7 rings (SSSR count). The molecule has 14 nitrogen and oxygen atoms in total. The van der Waals surface area contributed by atoms with Gasteiger partial charge in [-0.15, -0.1) is 10.2 Å². The minimum Gasteiger partial charge on any atom is -0.487 e. The molecule has 1 unspecified atom stereocenters. The zero-order valence-electron chi connectivity index (χ0n) is 26.0. The van der Waals surface area contributed by atoms with Crippen LogP contribution in [-0.2, 0) is 16.0 Å². The molecule has 0 bridgehead atoms. The Kier molecular flexibility index (Phi) is 9.10. The molecule has 1 aromatic carbocycles. The highest BCUT2D eigenvalue weighted by molar-refractivity contribution is 6.32. The van der Waals surface area contributed by atoms with Crippen molar-refractivity contribution in [1.29, 1.82) is 0 Å². The number of nitrogens with one attached hydrogen (secondary N) is 1. The Morgan fingerprint density at radius 3 is 2.52 bits per heavy atom. The van der Waals surface area contributed by atoms with Gasteiger partial charge in [-0.25, -0.2) is 14.6 Å². The predicted molar refractivity (Wildman–Crippen MR) is 165 cm³/mol. The van der Waals surface area contributed by atoms with Crippen molar-refractivity contribution in [2.45, 2.75) is 50.7 Å². The molecule has 2 aliphatic heterocycles. The maximum Gasteiger partial charge on any atom is 0.422 e. The number of alkyl halides is 3. The zero-order chi connectivity index (χ0) is 33.3. The molecule has 3 aliphatic rings. The fraction of sp³-hybridized carbons (Fsp3) is 0.533. The van der Waals surface area contributed by atoms with Crippen molar-refractivity contribution in [3.8, 4) is 22.8 Å². The van der Waals surface area contributed by atoms with Crippen LogP contribution in [0.4, 0.5) is 24.8 Å². The molecule has 1 saturated carbocycles.